The lowest BCUT2D eigenvalue weighted by Gasteiger charge is -2.18. The fourth-order valence-corrected chi connectivity index (χ4v) is 2.84. The SMILES string of the molecule is CCOc1ccccc1NC(=O)CN1C[C@@H](C(F)(F)F)[C@H](C(=O)O)C1.Cl. The smallest absolute Gasteiger partial charge is 0.393 e. The van der Waals surface area contributed by atoms with Crippen molar-refractivity contribution in [3.63, 3.8) is 0 Å². The topological polar surface area (TPSA) is 78.9 Å². The van der Waals surface area contributed by atoms with Crippen molar-refractivity contribution in [1.29, 1.82) is 0 Å². The molecular weight excluding hydrogens is 377 g/mol. The Kier molecular flexibility index (Phi) is 7.70. The first-order valence-electron chi connectivity index (χ1n) is 7.76. The molecule has 0 aliphatic carbocycles. The van der Waals surface area contributed by atoms with E-state index in [4.69, 9.17) is 9.84 Å². The quantitative estimate of drug-likeness (QED) is 0.773. The number of rotatable bonds is 6. The normalized spacial score (nSPS) is 20.3. The zero-order valence-corrected chi connectivity index (χ0v) is 14.8. The van der Waals surface area contributed by atoms with E-state index in [0.717, 1.165) is 0 Å². The number of hydrogen-bond acceptors (Lipinski definition) is 4. The molecule has 0 unspecified atom stereocenters. The molecule has 0 bridgehead atoms. The van der Waals surface area contributed by atoms with Gasteiger partial charge in [-0.2, -0.15) is 13.2 Å². The van der Waals surface area contributed by atoms with Gasteiger partial charge in [-0.05, 0) is 19.1 Å². The van der Waals surface area contributed by atoms with Crippen molar-refractivity contribution in [2.45, 2.75) is 13.1 Å². The first-order valence-corrected chi connectivity index (χ1v) is 7.76. The van der Waals surface area contributed by atoms with Crippen LogP contribution in [-0.2, 0) is 9.59 Å². The van der Waals surface area contributed by atoms with Crippen LogP contribution < -0.4 is 10.1 Å². The highest BCUT2D eigenvalue weighted by Gasteiger charge is 2.52. The van der Waals surface area contributed by atoms with Gasteiger partial charge >= 0.3 is 12.1 Å². The fraction of sp³-hybridized carbons (Fsp3) is 0.500. The van der Waals surface area contributed by atoms with Gasteiger partial charge in [-0.25, -0.2) is 0 Å². The van der Waals surface area contributed by atoms with Crippen molar-refractivity contribution in [2.75, 3.05) is 31.6 Å². The van der Waals surface area contributed by atoms with E-state index >= 15 is 0 Å². The van der Waals surface area contributed by atoms with Crippen molar-refractivity contribution in [1.82, 2.24) is 4.90 Å². The number of nitrogens with one attached hydrogen (secondary N) is 1. The van der Waals surface area contributed by atoms with Crippen LogP contribution in [0.1, 0.15) is 6.92 Å². The van der Waals surface area contributed by atoms with Crippen LogP contribution in [-0.4, -0.2) is 54.3 Å². The summed E-state index contributed by atoms with van der Waals surface area (Å²) < 4.78 is 44.2. The molecule has 0 saturated carbocycles. The Bertz CT molecular complexity index is 642. The molecule has 1 fully saturated rings. The van der Waals surface area contributed by atoms with Gasteiger partial charge in [0.2, 0.25) is 5.91 Å². The van der Waals surface area contributed by atoms with Gasteiger partial charge in [-0.3, -0.25) is 14.5 Å². The van der Waals surface area contributed by atoms with Crippen LogP contribution in [0.3, 0.4) is 0 Å². The van der Waals surface area contributed by atoms with Crippen LogP contribution in [0, 0.1) is 11.8 Å². The van der Waals surface area contributed by atoms with E-state index in [1.165, 1.54) is 4.90 Å². The van der Waals surface area contributed by atoms with Gasteiger partial charge < -0.3 is 15.2 Å². The number of halogens is 4. The van der Waals surface area contributed by atoms with Gasteiger partial charge in [0, 0.05) is 13.1 Å². The molecule has 1 aromatic carbocycles. The molecule has 0 radical (unpaired) electrons. The molecular formula is C16H20ClF3N2O4. The van der Waals surface area contributed by atoms with E-state index < -0.39 is 36.4 Å². The number of carboxylic acid groups (broad SMARTS) is 1. The summed E-state index contributed by atoms with van der Waals surface area (Å²) in [4.78, 5) is 24.4. The van der Waals surface area contributed by atoms with Crippen LogP contribution in [0.15, 0.2) is 24.3 Å². The van der Waals surface area contributed by atoms with E-state index in [1.54, 1.807) is 31.2 Å². The maximum Gasteiger partial charge on any atom is 0.393 e. The van der Waals surface area contributed by atoms with Crippen LogP contribution >= 0.6 is 12.4 Å². The number of hydrogen-bond donors (Lipinski definition) is 2. The third kappa shape index (κ3) is 5.50. The maximum atomic E-state index is 13.0. The second-order valence-corrected chi connectivity index (χ2v) is 5.76. The predicted octanol–water partition coefficient (Wildman–Crippen LogP) is 2.64. The van der Waals surface area contributed by atoms with E-state index in [9.17, 15) is 22.8 Å². The van der Waals surface area contributed by atoms with Crippen molar-refractivity contribution < 1.29 is 32.6 Å². The second-order valence-electron chi connectivity index (χ2n) is 5.76. The van der Waals surface area contributed by atoms with Gasteiger partial charge in [0.1, 0.15) is 5.75 Å². The van der Waals surface area contributed by atoms with Gasteiger partial charge in [-0.1, -0.05) is 12.1 Å². The fourth-order valence-electron chi connectivity index (χ4n) is 2.84. The van der Waals surface area contributed by atoms with Crippen LogP contribution in [0.25, 0.3) is 0 Å². The van der Waals surface area contributed by atoms with E-state index in [2.05, 4.69) is 5.32 Å². The molecule has 10 heteroatoms. The highest BCUT2D eigenvalue weighted by Crippen LogP contribution is 2.37. The van der Waals surface area contributed by atoms with Crippen molar-refractivity contribution >= 4 is 30.0 Å². The molecule has 1 heterocycles. The van der Waals surface area contributed by atoms with E-state index in [-0.39, 0.29) is 25.5 Å². The van der Waals surface area contributed by atoms with Gasteiger partial charge in [0.15, 0.2) is 0 Å². The molecule has 2 N–H and O–H groups in total. The zero-order valence-electron chi connectivity index (χ0n) is 14.0. The van der Waals surface area contributed by atoms with Crippen LogP contribution in [0.2, 0.25) is 0 Å². The number of para-hydroxylation sites is 2. The highest BCUT2D eigenvalue weighted by atomic mass is 35.5. The number of amides is 1. The molecule has 1 aliphatic heterocycles. The average molecular weight is 397 g/mol. The number of benzene rings is 1. The highest BCUT2D eigenvalue weighted by molar-refractivity contribution is 5.93. The lowest BCUT2D eigenvalue weighted by Crippen LogP contribution is -2.34. The zero-order chi connectivity index (χ0) is 18.6. The summed E-state index contributed by atoms with van der Waals surface area (Å²) in [5.41, 5.74) is 0.413. The molecule has 1 amide bonds. The summed E-state index contributed by atoms with van der Waals surface area (Å²) in [5, 5.41) is 11.6. The molecule has 2 atom stereocenters. The Morgan fingerprint density at radius 2 is 1.96 bits per heavy atom. The van der Waals surface area contributed by atoms with Gasteiger partial charge in [0.05, 0.1) is 30.7 Å². The first kappa shape index (κ1) is 22.0. The molecule has 2 rings (SSSR count). The number of aliphatic carboxylic acids is 1. The molecule has 6 nitrogen and oxygen atoms in total. The number of ether oxygens (including phenoxy) is 1. The minimum absolute atomic E-state index is 0. The third-order valence-corrected chi connectivity index (χ3v) is 3.96. The van der Waals surface area contributed by atoms with E-state index in [1.807, 2.05) is 0 Å². The van der Waals surface area contributed by atoms with Crippen molar-refractivity contribution in [3.8, 4) is 5.75 Å². The molecule has 1 aromatic rings. The van der Waals surface area contributed by atoms with E-state index in [0.29, 0.717) is 18.0 Å². The maximum absolute atomic E-state index is 13.0. The second kappa shape index (κ2) is 9.09. The summed E-state index contributed by atoms with van der Waals surface area (Å²) in [6.07, 6.45) is -4.62. The summed E-state index contributed by atoms with van der Waals surface area (Å²) >= 11 is 0. The Balaban J connectivity index is 0.00000338. The van der Waals surface area contributed by atoms with Crippen LogP contribution in [0.5, 0.6) is 5.75 Å². The summed E-state index contributed by atoms with van der Waals surface area (Å²) in [7, 11) is 0. The molecule has 0 spiro atoms. The van der Waals surface area contributed by atoms with Gasteiger partial charge in [0.25, 0.3) is 0 Å². The predicted molar refractivity (Wildman–Crippen MR) is 90.6 cm³/mol. The number of carbonyl (C=O) groups excluding carboxylic acids is 1. The molecule has 0 aromatic heterocycles. The average Bonchev–Trinajstić information content (AvgIpc) is 2.94. The Morgan fingerprint density at radius 3 is 2.50 bits per heavy atom. The Labute approximate surface area is 154 Å². The molecule has 26 heavy (non-hydrogen) atoms. The number of likely N-dealkylation sites (tertiary alicyclic amines) is 1. The third-order valence-electron chi connectivity index (χ3n) is 3.96. The van der Waals surface area contributed by atoms with Gasteiger partial charge in [-0.15, -0.1) is 12.4 Å². The molecule has 1 saturated heterocycles. The Hall–Kier alpha value is -2.00. The van der Waals surface area contributed by atoms with Crippen molar-refractivity contribution in [3.05, 3.63) is 24.3 Å². The number of carboxylic acids is 1. The lowest BCUT2D eigenvalue weighted by atomic mass is 9.96. The first-order chi connectivity index (χ1) is 11.7. The Morgan fingerprint density at radius 1 is 1.31 bits per heavy atom. The number of nitrogens with zero attached hydrogens (tertiary/aromatic N) is 1. The summed E-state index contributed by atoms with van der Waals surface area (Å²) in [6, 6.07) is 6.70. The summed E-state index contributed by atoms with van der Waals surface area (Å²) in [5.74, 6) is -5.13. The lowest BCUT2D eigenvalue weighted by molar-refractivity contribution is -0.188. The van der Waals surface area contributed by atoms with Crippen molar-refractivity contribution in [2.24, 2.45) is 11.8 Å². The standard InChI is InChI=1S/C16H19F3N2O4.ClH/c1-2-25-13-6-4-3-5-12(13)20-14(22)9-21-7-10(15(23)24)11(8-21)16(17,18)19;/h3-6,10-11H,2,7-9H2,1H3,(H,20,22)(H,23,24);1H/t10-,11-;/m1./s1. The van der Waals surface area contributed by atoms with Crippen LogP contribution in [0.4, 0.5) is 18.9 Å². The minimum Gasteiger partial charge on any atom is -0.492 e. The molecule has 1 aliphatic rings. The minimum atomic E-state index is -4.62. The largest absolute Gasteiger partial charge is 0.492 e. The number of alkyl halides is 3. The monoisotopic (exact) mass is 396 g/mol. The molecule has 146 valence electrons. The number of anilines is 1. The number of carbonyl (C=O) groups is 2. The summed E-state index contributed by atoms with van der Waals surface area (Å²) in [6.45, 7) is 1.02.